The van der Waals surface area contributed by atoms with Gasteiger partial charge in [0.15, 0.2) is 5.78 Å². The van der Waals surface area contributed by atoms with Gasteiger partial charge in [-0.25, -0.2) is 0 Å². The zero-order chi connectivity index (χ0) is 13.7. The van der Waals surface area contributed by atoms with E-state index in [4.69, 9.17) is 0 Å². The maximum Gasteiger partial charge on any atom is 0.193 e. The highest BCUT2D eigenvalue weighted by Gasteiger charge is 2.09. The van der Waals surface area contributed by atoms with Crippen LogP contribution in [-0.4, -0.2) is 11.6 Å². The Hall–Kier alpha value is -2.22. The lowest BCUT2D eigenvalue weighted by molar-refractivity contribution is -0.118. The van der Waals surface area contributed by atoms with E-state index in [2.05, 4.69) is 0 Å². The lowest BCUT2D eigenvalue weighted by Gasteiger charge is -2.04. The summed E-state index contributed by atoms with van der Waals surface area (Å²) in [5.41, 5.74) is 2.20. The maximum absolute atomic E-state index is 12.3. The Labute approximate surface area is 113 Å². The Kier molecular flexibility index (Phi) is 4.24. The highest BCUT2D eigenvalue weighted by Crippen LogP contribution is 2.12. The summed E-state index contributed by atoms with van der Waals surface area (Å²) in [5.74, 6) is 0.177. The normalized spacial score (nSPS) is 10.2. The molecule has 0 amide bonds. The Morgan fingerprint density at radius 2 is 1.58 bits per heavy atom. The average Bonchev–Trinajstić information content (AvgIpc) is 2.47. The molecule has 19 heavy (non-hydrogen) atoms. The molecule has 0 unspecified atom stereocenters. The minimum atomic E-state index is -0.00797. The second-order valence-corrected chi connectivity index (χ2v) is 4.46. The number of benzene rings is 2. The van der Waals surface area contributed by atoms with Gasteiger partial charge in [0.1, 0.15) is 5.78 Å². The number of hydrogen-bond acceptors (Lipinski definition) is 2. The van der Waals surface area contributed by atoms with Gasteiger partial charge in [-0.15, -0.1) is 0 Å². The molecule has 0 aliphatic carbocycles. The van der Waals surface area contributed by atoms with Crippen molar-refractivity contribution in [1.29, 1.82) is 0 Å². The summed E-state index contributed by atoms with van der Waals surface area (Å²) in [5, 5.41) is 0. The first kappa shape index (κ1) is 13.2. The van der Waals surface area contributed by atoms with Crippen LogP contribution in [-0.2, 0) is 11.2 Å². The van der Waals surface area contributed by atoms with Crippen molar-refractivity contribution in [2.45, 2.75) is 19.8 Å². The average molecular weight is 252 g/mol. The van der Waals surface area contributed by atoms with E-state index in [-0.39, 0.29) is 11.6 Å². The van der Waals surface area contributed by atoms with Crippen molar-refractivity contribution in [3.05, 3.63) is 71.3 Å². The molecule has 2 aromatic carbocycles. The zero-order valence-corrected chi connectivity index (χ0v) is 10.9. The van der Waals surface area contributed by atoms with Crippen LogP contribution in [0, 0.1) is 0 Å². The van der Waals surface area contributed by atoms with Gasteiger partial charge >= 0.3 is 0 Å². The van der Waals surface area contributed by atoms with Crippen LogP contribution in [0.2, 0.25) is 0 Å². The predicted octanol–water partition coefficient (Wildman–Crippen LogP) is 3.44. The number of carbonyl (C=O) groups excluding carboxylic acids is 2. The predicted molar refractivity (Wildman–Crippen MR) is 75.3 cm³/mol. The van der Waals surface area contributed by atoms with Crippen LogP contribution >= 0.6 is 0 Å². The Bertz CT molecular complexity index is 585. The summed E-state index contributed by atoms with van der Waals surface area (Å²) in [4.78, 5) is 23.7. The van der Waals surface area contributed by atoms with Crippen LogP contribution in [0.4, 0.5) is 0 Å². The molecule has 0 fully saturated rings. The fourth-order valence-electron chi connectivity index (χ4n) is 1.93. The molecule has 0 spiro atoms. The number of Topliss-reactive ketones (excluding diaryl/α,β-unsaturated/α-hetero) is 1. The molecule has 0 saturated heterocycles. The van der Waals surface area contributed by atoms with Crippen molar-refractivity contribution in [3.63, 3.8) is 0 Å². The van der Waals surface area contributed by atoms with Gasteiger partial charge in [0.05, 0.1) is 0 Å². The molecular formula is C17H16O2. The minimum Gasteiger partial charge on any atom is -0.299 e. The van der Waals surface area contributed by atoms with Crippen molar-refractivity contribution in [2.75, 3.05) is 0 Å². The Morgan fingerprint density at radius 1 is 0.895 bits per heavy atom. The van der Waals surface area contributed by atoms with Crippen LogP contribution in [0.3, 0.4) is 0 Å². The van der Waals surface area contributed by atoms with Crippen LogP contribution in [0.1, 0.15) is 34.8 Å². The van der Waals surface area contributed by atoms with E-state index in [1.807, 2.05) is 43.3 Å². The highest BCUT2D eigenvalue weighted by atomic mass is 16.1. The molecule has 0 N–H and O–H groups in total. The van der Waals surface area contributed by atoms with Gasteiger partial charge in [0, 0.05) is 24.0 Å². The molecule has 96 valence electrons. The molecule has 2 nitrogen and oxygen atoms in total. The third kappa shape index (κ3) is 3.38. The molecule has 0 radical (unpaired) electrons. The molecule has 0 aliphatic rings. The Balaban J connectivity index is 2.24. The van der Waals surface area contributed by atoms with Crippen LogP contribution in [0.15, 0.2) is 54.6 Å². The molecular weight excluding hydrogens is 236 g/mol. The van der Waals surface area contributed by atoms with Gasteiger partial charge in [0.25, 0.3) is 0 Å². The first-order valence-corrected chi connectivity index (χ1v) is 6.41. The van der Waals surface area contributed by atoms with Crippen molar-refractivity contribution in [1.82, 2.24) is 0 Å². The van der Waals surface area contributed by atoms with Crippen LogP contribution < -0.4 is 0 Å². The van der Waals surface area contributed by atoms with Crippen molar-refractivity contribution in [2.24, 2.45) is 0 Å². The smallest absolute Gasteiger partial charge is 0.193 e. The molecule has 0 aromatic heterocycles. The highest BCUT2D eigenvalue weighted by molar-refractivity contribution is 6.09. The molecule has 0 aliphatic heterocycles. The fraction of sp³-hybridized carbons (Fsp3) is 0.176. The van der Waals surface area contributed by atoms with E-state index in [1.165, 1.54) is 0 Å². The number of ketones is 2. The van der Waals surface area contributed by atoms with Gasteiger partial charge < -0.3 is 0 Å². The van der Waals surface area contributed by atoms with Gasteiger partial charge in [-0.05, 0) is 11.6 Å². The monoisotopic (exact) mass is 252 g/mol. The number of carbonyl (C=O) groups is 2. The first-order valence-electron chi connectivity index (χ1n) is 6.41. The summed E-state index contributed by atoms with van der Waals surface area (Å²) in [6, 6.07) is 16.5. The lowest BCUT2D eigenvalue weighted by atomic mass is 9.99. The van der Waals surface area contributed by atoms with Crippen molar-refractivity contribution >= 4 is 11.6 Å². The second-order valence-electron chi connectivity index (χ2n) is 4.46. The van der Waals surface area contributed by atoms with E-state index in [0.717, 1.165) is 5.56 Å². The molecule has 2 rings (SSSR count). The molecule has 2 heteroatoms. The van der Waals surface area contributed by atoms with E-state index >= 15 is 0 Å². The summed E-state index contributed by atoms with van der Waals surface area (Å²) < 4.78 is 0. The van der Waals surface area contributed by atoms with Gasteiger partial charge in [-0.3, -0.25) is 9.59 Å². The summed E-state index contributed by atoms with van der Waals surface area (Å²) >= 11 is 0. The quantitative estimate of drug-likeness (QED) is 0.764. The standard InChI is InChI=1S/C17H16O2/c1-2-16(18)12-13-7-6-10-15(11-13)17(19)14-8-4-3-5-9-14/h3-11H,2,12H2,1H3. The van der Waals surface area contributed by atoms with E-state index < -0.39 is 0 Å². The lowest BCUT2D eigenvalue weighted by Crippen LogP contribution is -2.04. The molecule has 0 heterocycles. The minimum absolute atomic E-state index is 0.00797. The van der Waals surface area contributed by atoms with Gasteiger partial charge in [-0.1, -0.05) is 55.5 Å². The summed E-state index contributed by atoms with van der Waals surface area (Å²) in [7, 11) is 0. The molecule has 2 aromatic rings. The topological polar surface area (TPSA) is 34.1 Å². The van der Waals surface area contributed by atoms with Crippen molar-refractivity contribution < 1.29 is 9.59 Å². The SMILES string of the molecule is CCC(=O)Cc1cccc(C(=O)c2ccccc2)c1. The third-order valence-electron chi connectivity index (χ3n) is 3.02. The Morgan fingerprint density at radius 3 is 2.26 bits per heavy atom. The van der Waals surface area contributed by atoms with Gasteiger partial charge in [0.2, 0.25) is 0 Å². The number of rotatable bonds is 5. The van der Waals surface area contributed by atoms with Gasteiger partial charge in [-0.2, -0.15) is 0 Å². The zero-order valence-electron chi connectivity index (χ0n) is 10.9. The van der Waals surface area contributed by atoms with E-state index in [0.29, 0.717) is 24.0 Å². The van der Waals surface area contributed by atoms with Crippen LogP contribution in [0.5, 0.6) is 0 Å². The molecule has 0 atom stereocenters. The summed E-state index contributed by atoms with van der Waals surface area (Å²) in [6.45, 7) is 1.85. The van der Waals surface area contributed by atoms with E-state index in [9.17, 15) is 9.59 Å². The largest absolute Gasteiger partial charge is 0.299 e. The second kappa shape index (κ2) is 6.10. The van der Waals surface area contributed by atoms with Crippen LogP contribution in [0.25, 0.3) is 0 Å². The van der Waals surface area contributed by atoms with Crippen molar-refractivity contribution in [3.8, 4) is 0 Å². The third-order valence-corrected chi connectivity index (χ3v) is 3.02. The molecule has 0 saturated carbocycles. The maximum atomic E-state index is 12.3. The molecule has 0 bridgehead atoms. The number of hydrogen-bond donors (Lipinski definition) is 0. The van der Waals surface area contributed by atoms with E-state index in [1.54, 1.807) is 18.2 Å². The summed E-state index contributed by atoms with van der Waals surface area (Å²) in [6.07, 6.45) is 0.920. The first-order chi connectivity index (χ1) is 9.20. The fourth-order valence-corrected chi connectivity index (χ4v) is 1.93.